The van der Waals surface area contributed by atoms with Crippen LogP contribution < -0.4 is 10.2 Å². The van der Waals surface area contributed by atoms with Crippen molar-refractivity contribution in [3.63, 3.8) is 0 Å². The van der Waals surface area contributed by atoms with Crippen molar-refractivity contribution < 1.29 is 0 Å². The normalized spacial score (nSPS) is 13.9. The highest BCUT2D eigenvalue weighted by Crippen LogP contribution is 2.28. The second kappa shape index (κ2) is 4.66. The minimum atomic E-state index is 0.745. The molecule has 0 saturated heterocycles. The van der Waals surface area contributed by atoms with E-state index in [4.69, 9.17) is 4.98 Å². The molecule has 21 heavy (non-hydrogen) atoms. The Morgan fingerprint density at radius 2 is 2.00 bits per heavy atom. The predicted molar refractivity (Wildman–Crippen MR) is 85.4 cm³/mol. The molecule has 2 aromatic carbocycles. The average Bonchev–Trinajstić information content (AvgIpc) is 3.14. The van der Waals surface area contributed by atoms with Crippen molar-refractivity contribution >= 4 is 17.0 Å². The average molecular weight is 276 g/mol. The van der Waals surface area contributed by atoms with E-state index in [0.29, 0.717) is 0 Å². The molecule has 4 rings (SSSR count). The maximum atomic E-state index is 4.80. The number of para-hydroxylation sites is 2. The first kappa shape index (κ1) is 12.0. The van der Waals surface area contributed by atoms with Crippen molar-refractivity contribution in [2.45, 2.75) is 6.92 Å². The highest BCUT2D eigenvalue weighted by molar-refractivity contribution is 5.81. The first-order valence-corrected chi connectivity index (χ1v) is 7.04. The number of aromatic nitrogens is 2. The molecule has 0 spiro atoms. The molecule has 1 N–H and O–H groups in total. The van der Waals surface area contributed by atoms with Crippen LogP contribution in [0.1, 0.15) is 5.56 Å². The Balaban J connectivity index is 2.00. The number of fused-ring (bicyclic) bond motifs is 1. The van der Waals surface area contributed by atoms with Crippen molar-refractivity contribution in [3.05, 3.63) is 66.5 Å². The second-order valence-corrected chi connectivity index (χ2v) is 5.22. The van der Waals surface area contributed by atoms with Gasteiger partial charge in [-0.05, 0) is 36.8 Å². The topological polar surface area (TPSA) is 33.1 Å². The van der Waals surface area contributed by atoms with E-state index in [0.717, 1.165) is 29.3 Å². The molecule has 0 bridgehead atoms. The van der Waals surface area contributed by atoms with Gasteiger partial charge in [-0.2, -0.15) is 0 Å². The molecule has 1 aliphatic rings. The molecule has 0 saturated carbocycles. The van der Waals surface area contributed by atoms with Crippen LogP contribution in [-0.2, 0) is 0 Å². The fourth-order valence-electron chi connectivity index (χ4n) is 2.71. The summed E-state index contributed by atoms with van der Waals surface area (Å²) in [5.41, 5.74) is 4.51. The summed E-state index contributed by atoms with van der Waals surface area (Å²) < 4.78 is 2.21. The van der Waals surface area contributed by atoms with E-state index in [1.807, 2.05) is 18.5 Å². The molecular weight excluding hydrogens is 260 g/mol. The lowest BCUT2D eigenvalue weighted by molar-refractivity contribution is 0.859. The van der Waals surface area contributed by atoms with Gasteiger partial charge >= 0.3 is 0 Å². The van der Waals surface area contributed by atoms with E-state index in [1.165, 1.54) is 5.56 Å². The molecule has 1 aromatic heterocycles. The molecule has 0 amide bonds. The van der Waals surface area contributed by atoms with Crippen LogP contribution in [0.25, 0.3) is 16.7 Å². The fourth-order valence-corrected chi connectivity index (χ4v) is 2.71. The number of imidazole rings is 1. The smallest absolute Gasteiger partial charge is 0.216 e. The third kappa shape index (κ3) is 1.96. The van der Waals surface area contributed by atoms with Crippen LogP contribution in [0, 0.1) is 6.92 Å². The van der Waals surface area contributed by atoms with Crippen molar-refractivity contribution in [3.8, 4) is 5.69 Å². The zero-order valence-electron chi connectivity index (χ0n) is 11.8. The minimum Gasteiger partial charge on any atom is -0.372 e. The lowest BCUT2D eigenvalue weighted by Gasteiger charge is -2.17. The summed E-state index contributed by atoms with van der Waals surface area (Å²) in [6.45, 7) is 2.86. The minimum absolute atomic E-state index is 0.745. The Labute approximate surface area is 123 Å². The van der Waals surface area contributed by atoms with Crippen LogP contribution in [0.4, 0.5) is 5.95 Å². The number of benzene rings is 2. The summed E-state index contributed by atoms with van der Waals surface area (Å²) in [7, 11) is 0. The Bertz CT molecular complexity index is 832. The molecular formula is C17H16N4. The van der Waals surface area contributed by atoms with Gasteiger partial charge in [0.05, 0.1) is 17.7 Å². The molecule has 4 heteroatoms. The number of anilines is 1. The summed E-state index contributed by atoms with van der Waals surface area (Å²) in [5, 5.41) is 3.20. The Kier molecular flexibility index (Phi) is 2.67. The van der Waals surface area contributed by atoms with E-state index in [2.05, 4.69) is 64.2 Å². The number of hydrogen-bond donors (Lipinski definition) is 1. The number of hydrogen-bond acceptors (Lipinski definition) is 3. The number of rotatable bonds is 2. The zero-order chi connectivity index (χ0) is 14.2. The van der Waals surface area contributed by atoms with Gasteiger partial charge in [-0.3, -0.25) is 9.47 Å². The molecule has 0 radical (unpaired) electrons. The summed E-state index contributed by atoms with van der Waals surface area (Å²) in [5.74, 6) is 0.933. The van der Waals surface area contributed by atoms with E-state index in [-0.39, 0.29) is 0 Å². The van der Waals surface area contributed by atoms with E-state index in [9.17, 15) is 0 Å². The highest BCUT2D eigenvalue weighted by Gasteiger charge is 2.18. The lowest BCUT2D eigenvalue weighted by atomic mass is 10.2. The van der Waals surface area contributed by atoms with Crippen LogP contribution in [0.2, 0.25) is 0 Å². The van der Waals surface area contributed by atoms with Crippen LogP contribution in [0.3, 0.4) is 0 Å². The molecule has 4 nitrogen and oxygen atoms in total. The van der Waals surface area contributed by atoms with Gasteiger partial charge in [-0.15, -0.1) is 0 Å². The van der Waals surface area contributed by atoms with Gasteiger partial charge in [0.25, 0.3) is 0 Å². The molecule has 2 heterocycles. The van der Waals surface area contributed by atoms with Crippen LogP contribution >= 0.6 is 0 Å². The third-order valence-corrected chi connectivity index (χ3v) is 3.69. The Morgan fingerprint density at radius 3 is 2.81 bits per heavy atom. The summed E-state index contributed by atoms with van der Waals surface area (Å²) in [6, 6.07) is 16.7. The number of aryl methyl sites for hydroxylation is 1. The maximum absolute atomic E-state index is 4.80. The van der Waals surface area contributed by atoms with E-state index >= 15 is 0 Å². The van der Waals surface area contributed by atoms with Gasteiger partial charge < -0.3 is 5.32 Å². The van der Waals surface area contributed by atoms with Crippen molar-refractivity contribution in [1.29, 1.82) is 0 Å². The van der Waals surface area contributed by atoms with Gasteiger partial charge in [-0.25, -0.2) is 4.98 Å². The molecule has 0 unspecified atom stereocenters. The predicted octanol–water partition coefficient (Wildman–Crippen LogP) is 3.17. The molecule has 0 atom stereocenters. The zero-order valence-corrected chi connectivity index (χ0v) is 11.8. The monoisotopic (exact) mass is 276 g/mol. The Morgan fingerprint density at radius 1 is 1.10 bits per heavy atom. The summed E-state index contributed by atoms with van der Waals surface area (Å²) in [4.78, 5) is 6.91. The molecule has 3 aromatic rings. The number of nitrogens with one attached hydrogen (secondary N) is 1. The molecule has 0 aliphatic carbocycles. The van der Waals surface area contributed by atoms with Gasteiger partial charge in [0, 0.05) is 18.1 Å². The van der Waals surface area contributed by atoms with E-state index in [1.54, 1.807) is 0 Å². The van der Waals surface area contributed by atoms with Crippen molar-refractivity contribution in [2.24, 2.45) is 0 Å². The van der Waals surface area contributed by atoms with Crippen molar-refractivity contribution in [1.82, 2.24) is 14.9 Å². The number of nitrogens with zero attached hydrogens (tertiary/aromatic N) is 3. The van der Waals surface area contributed by atoms with Crippen LogP contribution in [-0.4, -0.2) is 16.2 Å². The molecule has 104 valence electrons. The largest absolute Gasteiger partial charge is 0.372 e. The first-order valence-electron chi connectivity index (χ1n) is 7.04. The third-order valence-electron chi connectivity index (χ3n) is 3.69. The van der Waals surface area contributed by atoms with Crippen molar-refractivity contribution in [2.75, 3.05) is 11.6 Å². The summed E-state index contributed by atoms with van der Waals surface area (Å²) in [6.07, 6.45) is 3.97. The second-order valence-electron chi connectivity index (χ2n) is 5.22. The molecule has 1 aliphatic heterocycles. The van der Waals surface area contributed by atoms with Gasteiger partial charge in [-0.1, -0.05) is 24.3 Å². The first-order chi connectivity index (χ1) is 10.3. The van der Waals surface area contributed by atoms with E-state index < -0.39 is 0 Å². The highest BCUT2D eigenvalue weighted by atomic mass is 15.4. The fraction of sp³-hybridized carbons (Fsp3) is 0.118. The maximum Gasteiger partial charge on any atom is 0.216 e. The van der Waals surface area contributed by atoms with Crippen LogP contribution in [0.15, 0.2) is 60.9 Å². The van der Waals surface area contributed by atoms with Gasteiger partial charge in [0.1, 0.15) is 0 Å². The molecule has 0 fully saturated rings. The summed E-state index contributed by atoms with van der Waals surface area (Å²) >= 11 is 0. The lowest BCUT2D eigenvalue weighted by Crippen LogP contribution is -2.22. The van der Waals surface area contributed by atoms with Gasteiger partial charge in [0.15, 0.2) is 0 Å². The Hall–Kier alpha value is -2.75. The van der Waals surface area contributed by atoms with Gasteiger partial charge in [0.2, 0.25) is 5.95 Å². The SMILES string of the molecule is Cc1cccc(-n2c(N3C=CNC3)nc3ccccc32)c1. The standard InChI is InChI=1S/C17H16N4/c1-13-5-4-6-14(11-13)21-16-8-3-2-7-15(16)19-17(21)20-10-9-18-12-20/h2-11,18H,12H2,1H3. The quantitative estimate of drug-likeness (QED) is 0.780. The van der Waals surface area contributed by atoms with Crippen LogP contribution in [0.5, 0.6) is 0 Å².